The van der Waals surface area contributed by atoms with Gasteiger partial charge in [-0.15, -0.1) is 0 Å². The molecule has 300 valence electrons. The molecule has 0 aliphatic heterocycles. The number of unbranched alkanes of at least 4 members (excludes halogenated alkanes) is 3. The molecule has 4 aromatic carbocycles. The van der Waals surface area contributed by atoms with Gasteiger partial charge in [-0.3, -0.25) is 14.4 Å². The third kappa shape index (κ3) is 8.07. The maximum absolute atomic E-state index is 15.0. The lowest BCUT2D eigenvalue weighted by Crippen LogP contribution is -2.15. The van der Waals surface area contributed by atoms with Crippen LogP contribution in [0.1, 0.15) is 135 Å². The van der Waals surface area contributed by atoms with Crippen molar-refractivity contribution in [1.82, 2.24) is 15.0 Å². The molecule has 0 radical (unpaired) electrons. The van der Waals surface area contributed by atoms with E-state index in [1.165, 1.54) is 57.8 Å². The van der Waals surface area contributed by atoms with Gasteiger partial charge >= 0.3 is 0 Å². The van der Waals surface area contributed by atoms with Crippen molar-refractivity contribution in [2.45, 2.75) is 138 Å². The maximum atomic E-state index is 15.0. The van der Waals surface area contributed by atoms with E-state index in [0.29, 0.717) is 83.2 Å². The van der Waals surface area contributed by atoms with Gasteiger partial charge in [0.1, 0.15) is 0 Å². The fourth-order valence-electron chi connectivity index (χ4n) is 9.49. The zero-order valence-electron chi connectivity index (χ0n) is 35.3. The van der Waals surface area contributed by atoms with Gasteiger partial charge in [0.2, 0.25) is 0 Å². The fraction of sp³-hybridized carbons (Fsp3) is 0.471. The second-order valence-corrected chi connectivity index (χ2v) is 17.1. The standard InChI is InChI=1S/C51H63N3O3/c1-7-13-16-31(10-4)25-34-19-22-40-37(28-34)49(55)43-46(52-40)44-48(54-42-24-21-36(30-39(42)50(44)56)27-33(12-6)18-15-9-3)45-47(43)53-41-23-20-35(29-38(41)51(45)57)26-32(11-5)17-14-8-2/h19-24,28-33H,7-18,25-27H2,1-6H3,(H,52,55)(H,53,57)(H,54,56). The minimum atomic E-state index is -0.169. The first kappa shape index (κ1) is 40.5. The van der Waals surface area contributed by atoms with E-state index in [1.807, 2.05) is 36.4 Å². The Hall–Kier alpha value is -4.71. The highest BCUT2D eigenvalue weighted by Crippen LogP contribution is 2.33. The third-order valence-corrected chi connectivity index (χ3v) is 13.1. The predicted molar refractivity (Wildman–Crippen MR) is 244 cm³/mol. The average Bonchev–Trinajstić information content (AvgIpc) is 3.22. The Morgan fingerprint density at radius 3 is 0.947 bits per heavy atom. The van der Waals surface area contributed by atoms with Crippen molar-refractivity contribution < 1.29 is 0 Å². The quantitative estimate of drug-likeness (QED) is 0.0599. The molecule has 3 aromatic heterocycles. The maximum Gasteiger partial charge on any atom is 0.199 e. The van der Waals surface area contributed by atoms with Gasteiger partial charge in [0, 0.05) is 32.7 Å². The Labute approximate surface area is 336 Å². The Morgan fingerprint density at radius 2 is 0.702 bits per heavy atom. The van der Waals surface area contributed by atoms with Crippen molar-refractivity contribution in [2.75, 3.05) is 0 Å². The summed E-state index contributed by atoms with van der Waals surface area (Å²) < 4.78 is 0. The Balaban J connectivity index is 1.51. The van der Waals surface area contributed by atoms with Crippen LogP contribution in [-0.2, 0) is 19.3 Å². The lowest BCUT2D eigenvalue weighted by Gasteiger charge is -2.17. The molecule has 3 heterocycles. The number of aromatic nitrogens is 3. The van der Waals surface area contributed by atoms with Gasteiger partial charge in [-0.2, -0.15) is 0 Å². The van der Waals surface area contributed by atoms with Crippen LogP contribution in [0.5, 0.6) is 0 Å². The first-order valence-electron chi connectivity index (χ1n) is 22.3. The van der Waals surface area contributed by atoms with Crippen molar-refractivity contribution in [3.63, 3.8) is 0 Å². The summed E-state index contributed by atoms with van der Waals surface area (Å²) in [6.45, 7) is 13.4. The van der Waals surface area contributed by atoms with E-state index in [0.717, 1.165) is 55.2 Å². The Morgan fingerprint density at radius 1 is 0.421 bits per heavy atom. The van der Waals surface area contributed by atoms with Crippen LogP contribution >= 0.6 is 0 Å². The number of nitrogens with one attached hydrogen (secondary N) is 3. The number of hydrogen-bond donors (Lipinski definition) is 3. The molecule has 7 aromatic rings. The lowest BCUT2D eigenvalue weighted by atomic mass is 9.90. The van der Waals surface area contributed by atoms with Gasteiger partial charge in [0.05, 0.1) is 32.7 Å². The molecule has 0 saturated carbocycles. The van der Waals surface area contributed by atoms with Gasteiger partial charge in [-0.25, -0.2) is 0 Å². The van der Waals surface area contributed by atoms with E-state index >= 15 is 0 Å². The van der Waals surface area contributed by atoms with Crippen LogP contribution < -0.4 is 16.3 Å². The zero-order chi connectivity index (χ0) is 40.2. The van der Waals surface area contributed by atoms with Gasteiger partial charge in [-0.05, 0) is 90.1 Å². The van der Waals surface area contributed by atoms with Crippen molar-refractivity contribution in [2.24, 2.45) is 17.8 Å². The SMILES string of the molecule is CCCCC(CC)Cc1ccc2[nH]c3c4c(=O)c5cc(CC(CC)CCCC)ccc5[nH]c4c4c(=O)c5cc(CC(CC)CCCC)ccc5[nH]c4c3c(=O)c2c1. The van der Waals surface area contributed by atoms with Crippen LogP contribution in [0.3, 0.4) is 0 Å². The number of hydrogen-bond acceptors (Lipinski definition) is 3. The molecular formula is C51H63N3O3. The van der Waals surface area contributed by atoms with Crippen molar-refractivity contribution in [3.8, 4) is 0 Å². The van der Waals surface area contributed by atoms with Crippen molar-refractivity contribution >= 4 is 65.4 Å². The molecule has 3 unspecified atom stereocenters. The Bertz CT molecular complexity index is 2410. The summed E-state index contributed by atoms with van der Waals surface area (Å²) in [5.41, 5.74) is 6.37. The molecule has 0 aliphatic carbocycles. The summed E-state index contributed by atoms with van der Waals surface area (Å²) in [7, 11) is 0. The molecular weight excluding hydrogens is 703 g/mol. The van der Waals surface area contributed by atoms with Gasteiger partial charge in [0.25, 0.3) is 0 Å². The minimum Gasteiger partial charge on any atom is -0.354 e. The summed E-state index contributed by atoms with van der Waals surface area (Å²) in [5.74, 6) is 1.65. The number of benzene rings is 4. The topological polar surface area (TPSA) is 98.6 Å². The van der Waals surface area contributed by atoms with Crippen LogP contribution in [0, 0.1) is 17.8 Å². The van der Waals surface area contributed by atoms with Gasteiger partial charge in [-0.1, -0.05) is 137 Å². The van der Waals surface area contributed by atoms with Crippen LogP contribution in [0.25, 0.3) is 65.4 Å². The van der Waals surface area contributed by atoms with E-state index in [2.05, 4.69) is 74.7 Å². The van der Waals surface area contributed by atoms with E-state index < -0.39 is 0 Å². The smallest absolute Gasteiger partial charge is 0.199 e. The first-order valence-corrected chi connectivity index (χ1v) is 22.3. The molecule has 0 amide bonds. The molecule has 0 spiro atoms. The molecule has 0 aliphatic rings. The zero-order valence-corrected chi connectivity index (χ0v) is 35.3. The summed E-state index contributed by atoms with van der Waals surface area (Å²) in [4.78, 5) is 55.7. The first-order chi connectivity index (χ1) is 27.7. The van der Waals surface area contributed by atoms with E-state index in [1.54, 1.807) is 0 Å². The number of fused-ring (bicyclic) bond motifs is 9. The highest BCUT2D eigenvalue weighted by atomic mass is 16.1. The number of aromatic amines is 3. The van der Waals surface area contributed by atoms with E-state index in [9.17, 15) is 14.4 Å². The lowest BCUT2D eigenvalue weighted by molar-refractivity contribution is 0.449. The second kappa shape index (κ2) is 17.8. The van der Waals surface area contributed by atoms with E-state index in [4.69, 9.17) is 0 Å². The summed E-state index contributed by atoms with van der Waals surface area (Å²) in [6, 6.07) is 18.5. The van der Waals surface area contributed by atoms with Crippen LogP contribution in [-0.4, -0.2) is 15.0 Å². The Kier molecular flexibility index (Phi) is 12.7. The average molecular weight is 766 g/mol. The highest BCUT2D eigenvalue weighted by molar-refractivity contribution is 6.25. The largest absolute Gasteiger partial charge is 0.354 e. The highest BCUT2D eigenvalue weighted by Gasteiger charge is 2.23. The molecule has 57 heavy (non-hydrogen) atoms. The molecule has 3 N–H and O–H groups in total. The summed E-state index contributed by atoms with van der Waals surface area (Å²) in [6.07, 6.45) is 16.6. The normalized spacial score (nSPS) is 13.8. The minimum absolute atomic E-state index is 0.169. The van der Waals surface area contributed by atoms with Crippen molar-refractivity contribution in [3.05, 3.63) is 102 Å². The molecule has 7 rings (SSSR count). The summed E-state index contributed by atoms with van der Waals surface area (Å²) >= 11 is 0. The molecule has 0 saturated heterocycles. The molecule has 0 fully saturated rings. The molecule has 3 atom stereocenters. The third-order valence-electron chi connectivity index (χ3n) is 13.1. The predicted octanol–water partition coefficient (Wildman–Crippen LogP) is 12.9. The number of H-pyrrole nitrogens is 3. The van der Waals surface area contributed by atoms with Crippen LogP contribution in [0.15, 0.2) is 69.0 Å². The number of pyridine rings is 3. The van der Waals surface area contributed by atoms with Gasteiger partial charge in [0.15, 0.2) is 16.3 Å². The molecule has 6 heteroatoms. The van der Waals surface area contributed by atoms with Crippen LogP contribution in [0.2, 0.25) is 0 Å². The fourth-order valence-corrected chi connectivity index (χ4v) is 9.49. The molecule has 6 nitrogen and oxygen atoms in total. The molecule has 0 bridgehead atoms. The monoisotopic (exact) mass is 765 g/mol. The summed E-state index contributed by atoms with van der Waals surface area (Å²) in [5, 5.41) is 2.83. The van der Waals surface area contributed by atoms with Gasteiger partial charge < -0.3 is 15.0 Å². The van der Waals surface area contributed by atoms with Crippen molar-refractivity contribution in [1.29, 1.82) is 0 Å². The van der Waals surface area contributed by atoms with Crippen LogP contribution in [0.4, 0.5) is 0 Å². The number of rotatable bonds is 18. The van der Waals surface area contributed by atoms with E-state index in [-0.39, 0.29) is 16.3 Å². The second-order valence-electron chi connectivity index (χ2n) is 17.1.